The van der Waals surface area contributed by atoms with Crippen LogP contribution in [-0.2, 0) is 0 Å². The van der Waals surface area contributed by atoms with Gasteiger partial charge in [-0.1, -0.05) is 0 Å². The molecule has 0 radical (unpaired) electrons. The van der Waals surface area contributed by atoms with Crippen molar-refractivity contribution in [3.63, 3.8) is 0 Å². The zero-order valence-corrected chi connectivity index (χ0v) is 11.5. The van der Waals surface area contributed by atoms with Gasteiger partial charge in [-0.2, -0.15) is 0 Å². The molecule has 0 aliphatic rings. The molecule has 1 aromatic rings. The smallest absolute Gasteiger partial charge is 0.255 e. The Kier molecular flexibility index (Phi) is 5.44. The van der Waals surface area contributed by atoms with Gasteiger partial charge in [0.15, 0.2) is 11.5 Å². The summed E-state index contributed by atoms with van der Waals surface area (Å²) in [5, 5.41) is 11.6. The summed E-state index contributed by atoms with van der Waals surface area (Å²) in [5.41, 5.74) is 0.320. The number of ether oxygens (including phenoxy) is 3. The molecule has 6 nitrogen and oxygen atoms in total. The van der Waals surface area contributed by atoms with E-state index >= 15 is 0 Å². The maximum Gasteiger partial charge on any atom is 0.255 e. The van der Waals surface area contributed by atoms with Crippen molar-refractivity contribution in [2.75, 3.05) is 27.9 Å². The Hall–Kier alpha value is -1.95. The minimum Gasteiger partial charge on any atom is -0.493 e. The quantitative estimate of drug-likeness (QED) is 0.799. The Bertz CT molecular complexity index is 447. The summed E-state index contributed by atoms with van der Waals surface area (Å²) in [6.07, 6.45) is 0. The molecule has 0 saturated carbocycles. The summed E-state index contributed by atoms with van der Waals surface area (Å²) >= 11 is 0. The van der Waals surface area contributed by atoms with E-state index in [2.05, 4.69) is 5.32 Å². The molecule has 2 N–H and O–H groups in total. The van der Waals surface area contributed by atoms with Crippen LogP contribution in [0.25, 0.3) is 0 Å². The van der Waals surface area contributed by atoms with Gasteiger partial charge in [0.05, 0.1) is 33.5 Å². The first-order chi connectivity index (χ1) is 9.08. The zero-order valence-electron chi connectivity index (χ0n) is 11.5. The third-order valence-electron chi connectivity index (χ3n) is 2.60. The first kappa shape index (κ1) is 15.1. The minimum absolute atomic E-state index is 0.138. The van der Waals surface area contributed by atoms with Crippen LogP contribution in [0.5, 0.6) is 17.2 Å². The Morgan fingerprint density at radius 3 is 2.32 bits per heavy atom. The van der Waals surface area contributed by atoms with E-state index in [1.165, 1.54) is 21.3 Å². The fraction of sp³-hybridized carbons (Fsp3) is 0.462. The molecule has 0 spiro atoms. The lowest BCUT2D eigenvalue weighted by atomic mass is 10.1. The van der Waals surface area contributed by atoms with Crippen LogP contribution >= 0.6 is 0 Å². The Balaban J connectivity index is 3.17. The number of methoxy groups -OCH3 is 3. The number of hydrogen-bond donors (Lipinski definition) is 2. The molecule has 0 aliphatic heterocycles. The zero-order chi connectivity index (χ0) is 14.4. The van der Waals surface area contributed by atoms with Crippen LogP contribution in [0.1, 0.15) is 17.3 Å². The summed E-state index contributed by atoms with van der Waals surface area (Å²) in [7, 11) is 4.42. The van der Waals surface area contributed by atoms with Gasteiger partial charge in [0.2, 0.25) is 5.75 Å². The van der Waals surface area contributed by atoms with E-state index in [4.69, 9.17) is 19.3 Å². The van der Waals surface area contributed by atoms with Crippen LogP contribution < -0.4 is 19.5 Å². The lowest BCUT2D eigenvalue weighted by molar-refractivity contribution is 0.0918. The maximum atomic E-state index is 12.1. The number of amides is 1. The number of nitrogens with one attached hydrogen (secondary N) is 1. The molecule has 0 saturated heterocycles. The molecule has 1 atom stereocenters. The molecule has 1 rings (SSSR count). The molecule has 0 fully saturated rings. The molecule has 0 heterocycles. The second-order valence-electron chi connectivity index (χ2n) is 3.94. The normalized spacial score (nSPS) is 11.6. The summed E-state index contributed by atoms with van der Waals surface area (Å²) in [6, 6.07) is 2.87. The highest BCUT2D eigenvalue weighted by atomic mass is 16.5. The van der Waals surface area contributed by atoms with Gasteiger partial charge in [-0.05, 0) is 19.1 Å². The Morgan fingerprint density at radius 1 is 1.21 bits per heavy atom. The molecule has 6 heteroatoms. The van der Waals surface area contributed by atoms with Crippen molar-refractivity contribution in [3.05, 3.63) is 17.7 Å². The fourth-order valence-corrected chi connectivity index (χ4v) is 1.63. The number of benzene rings is 1. The third-order valence-corrected chi connectivity index (χ3v) is 2.60. The third kappa shape index (κ3) is 3.29. The number of carbonyl (C=O) groups is 1. The maximum absolute atomic E-state index is 12.1. The average Bonchev–Trinajstić information content (AvgIpc) is 2.44. The molecule has 1 aromatic carbocycles. The van der Waals surface area contributed by atoms with Crippen LogP contribution in [0.15, 0.2) is 12.1 Å². The van der Waals surface area contributed by atoms with E-state index in [1.54, 1.807) is 19.1 Å². The van der Waals surface area contributed by atoms with Crippen LogP contribution in [0.2, 0.25) is 0 Å². The molecule has 106 valence electrons. The van der Waals surface area contributed by atoms with E-state index < -0.39 is 0 Å². The van der Waals surface area contributed by atoms with Crippen molar-refractivity contribution in [1.29, 1.82) is 0 Å². The second-order valence-corrected chi connectivity index (χ2v) is 3.94. The number of hydrogen-bond acceptors (Lipinski definition) is 5. The van der Waals surface area contributed by atoms with E-state index in [0.717, 1.165) is 0 Å². The Labute approximate surface area is 112 Å². The van der Waals surface area contributed by atoms with Crippen molar-refractivity contribution >= 4 is 5.91 Å². The molecule has 1 unspecified atom stereocenters. The van der Waals surface area contributed by atoms with Gasteiger partial charge in [-0.3, -0.25) is 4.79 Å². The van der Waals surface area contributed by atoms with Crippen molar-refractivity contribution in [1.82, 2.24) is 5.32 Å². The summed E-state index contributed by atoms with van der Waals surface area (Å²) in [5.74, 6) is 0.782. The van der Waals surface area contributed by atoms with Gasteiger partial charge in [-0.15, -0.1) is 0 Å². The van der Waals surface area contributed by atoms with E-state index in [1.807, 2.05) is 0 Å². The average molecular weight is 269 g/mol. The summed E-state index contributed by atoms with van der Waals surface area (Å²) < 4.78 is 15.6. The highest BCUT2D eigenvalue weighted by Gasteiger charge is 2.21. The molecule has 0 aromatic heterocycles. The van der Waals surface area contributed by atoms with Crippen LogP contribution in [0.3, 0.4) is 0 Å². The van der Waals surface area contributed by atoms with Crippen molar-refractivity contribution < 1.29 is 24.1 Å². The molecule has 1 amide bonds. The van der Waals surface area contributed by atoms with E-state index in [0.29, 0.717) is 22.8 Å². The van der Waals surface area contributed by atoms with Gasteiger partial charge < -0.3 is 24.6 Å². The van der Waals surface area contributed by atoms with Gasteiger partial charge >= 0.3 is 0 Å². The fourth-order valence-electron chi connectivity index (χ4n) is 1.63. The van der Waals surface area contributed by atoms with Crippen molar-refractivity contribution in [2.45, 2.75) is 13.0 Å². The van der Waals surface area contributed by atoms with Gasteiger partial charge in [0.25, 0.3) is 5.91 Å². The first-order valence-electron chi connectivity index (χ1n) is 5.79. The molecular formula is C13H19NO5. The van der Waals surface area contributed by atoms with Gasteiger partial charge in [0.1, 0.15) is 0 Å². The molecule has 0 bridgehead atoms. The van der Waals surface area contributed by atoms with Crippen molar-refractivity contribution in [3.8, 4) is 17.2 Å². The number of carbonyl (C=O) groups excluding carboxylic acids is 1. The molecule has 19 heavy (non-hydrogen) atoms. The second kappa shape index (κ2) is 6.84. The lowest BCUT2D eigenvalue weighted by Gasteiger charge is -2.17. The van der Waals surface area contributed by atoms with Gasteiger partial charge in [-0.25, -0.2) is 0 Å². The minimum atomic E-state index is -0.348. The highest BCUT2D eigenvalue weighted by Crippen LogP contribution is 2.39. The predicted octanol–water partition coefficient (Wildman–Crippen LogP) is 0.823. The summed E-state index contributed by atoms with van der Waals surface area (Å²) in [4.78, 5) is 12.1. The van der Waals surface area contributed by atoms with Crippen LogP contribution in [-0.4, -0.2) is 45.0 Å². The highest BCUT2D eigenvalue weighted by molar-refractivity contribution is 5.98. The SMILES string of the molecule is COc1ccc(C(=O)NC(C)CO)c(OC)c1OC. The van der Waals surface area contributed by atoms with Crippen LogP contribution in [0.4, 0.5) is 0 Å². The largest absolute Gasteiger partial charge is 0.493 e. The summed E-state index contributed by atoms with van der Waals surface area (Å²) in [6.45, 7) is 1.56. The standard InChI is InChI=1S/C13H19NO5/c1-8(7-15)14-13(16)9-5-6-10(17-2)12(19-4)11(9)18-3/h5-6,8,15H,7H2,1-4H3,(H,14,16). The predicted molar refractivity (Wildman–Crippen MR) is 70.1 cm³/mol. The van der Waals surface area contributed by atoms with Gasteiger partial charge in [0, 0.05) is 6.04 Å². The number of rotatable bonds is 6. The number of aliphatic hydroxyl groups is 1. The first-order valence-corrected chi connectivity index (χ1v) is 5.79. The number of aliphatic hydroxyl groups excluding tert-OH is 1. The molecule has 0 aliphatic carbocycles. The van der Waals surface area contributed by atoms with E-state index in [-0.39, 0.29) is 18.6 Å². The monoisotopic (exact) mass is 269 g/mol. The Morgan fingerprint density at radius 2 is 1.84 bits per heavy atom. The topological polar surface area (TPSA) is 77.0 Å². The van der Waals surface area contributed by atoms with Crippen LogP contribution in [0, 0.1) is 0 Å². The van der Waals surface area contributed by atoms with Crippen molar-refractivity contribution in [2.24, 2.45) is 0 Å². The van der Waals surface area contributed by atoms with E-state index in [9.17, 15) is 4.79 Å². The molecular weight excluding hydrogens is 250 g/mol. The lowest BCUT2D eigenvalue weighted by Crippen LogP contribution is -2.35.